The lowest BCUT2D eigenvalue weighted by Crippen LogP contribution is -2.47. The smallest absolute Gasteiger partial charge is 0.239 e. The van der Waals surface area contributed by atoms with Crippen LogP contribution in [0.4, 0.5) is 0 Å². The van der Waals surface area contributed by atoms with Crippen molar-refractivity contribution in [3.05, 3.63) is 35.9 Å². The number of nitrogens with one attached hydrogen (secondary N) is 1. The first-order valence-electron chi connectivity index (χ1n) is 6.79. The lowest BCUT2D eigenvalue weighted by Gasteiger charge is -2.27. The number of likely N-dealkylation sites (N-methyl/N-ethyl adjacent to an activating group) is 1. The number of carbonyl (C=O) groups excluding carboxylic acids is 1. The molecular weight excluding hydrogens is 224 g/mol. The van der Waals surface area contributed by atoms with E-state index in [1.165, 1.54) is 12.0 Å². The van der Waals surface area contributed by atoms with Gasteiger partial charge in [0.15, 0.2) is 0 Å². The summed E-state index contributed by atoms with van der Waals surface area (Å²) in [5.41, 5.74) is 1.29. The van der Waals surface area contributed by atoms with E-state index in [1.807, 2.05) is 30.1 Å². The van der Waals surface area contributed by atoms with Crippen LogP contribution < -0.4 is 5.32 Å². The summed E-state index contributed by atoms with van der Waals surface area (Å²) in [6.45, 7) is 1.77. The highest BCUT2D eigenvalue weighted by atomic mass is 16.2. The number of nitrogens with zero attached hydrogens (tertiary/aromatic N) is 1. The third-order valence-electron chi connectivity index (χ3n) is 3.56. The van der Waals surface area contributed by atoms with Crippen LogP contribution in [0.3, 0.4) is 0 Å². The Bertz CT molecular complexity index is 371. The number of hydrogen-bond donors (Lipinski definition) is 1. The second-order valence-corrected chi connectivity index (χ2v) is 5.00. The van der Waals surface area contributed by atoms with Gasteiger partial charge in [-0.1, -0.05) is 36.8 Å². The minimum absolute atomic E-state index is 0.0412. The predicted molar refractivity (Wildman–Crippen MR) is 73.4 cm³/mol. The second-order valence-electron chi connectivity index (χ2n) is 5.00. The molecule has 98 valence electrons. The van der Waals surface area contributed by atoms with E-state index < -0.39 is 0 Å². The van der Waals surface area contributed by atoms with Crippen molar-refractivity contribution in [3.8, 4) is 0 Å². The SMILES string of the molecule is CN(CCc1ccccc1)C(=O)[C@H]1CCCCN1. The average Bonchev–Trinajstić information content (AvgIpc) is 2.46. The molecule has 0 unspecified atom stereocenters. The van der Waals surface area contributed by atoms with Gasteiger partial charge in [-0.25, -0.2) is 0 Å². The molecule has 1 aliphatic rings. The summed E-state index contributed by atoms with van der Waals surface area (Å²) >= 11 is 0. The van der Waals surface area contributed by atoms with Gasteiger partial charge in [-0.15, -0.1) is 0 Å². The molecule has 1 amide bonds. The molecule has 0 radical (unpaired) electrons. The van der Waals surface area contributed by atoms with Crippen molar-refractivity contribution in [1.29, 1.82) is 0 Å². The van der Waals surface area contributed by atoms with Crippen LogP contribution in [-0.2, 0) is 11.2 Å². The van der Waals surface area contributed by atoms with Crippen molar-refractivity contribution in [2.24, 2.45) is 0 Å². The molecule has 1 heterocycles. The number of rotatable bonds is 4. The number of amides is 1. The average molecular weight is 246 g/mol. The molecule has 1 saturated heterocycles. The summed E-state index contributed by atoms with van der Waals surface area (Å²) in [6.07, 6.45) is 4.26. The summed E-state index contributed by atoms with van der Waals surface area (Å²) in [5.74, 6) is 0.241. The Balaban J connectivity index is 1.80. The highest BCUT2D eigenvalue weighted by molar-refractivity contribution is 5.81. The zero-order valence-electron chi connectivity index (χ0n) is 11.1. The third kappa shape index (κ3) is 3.57. The number of benzene rings is 1. The Kier molecular flexibility index (Phi) is 4.76. The van der Waals surface area contributed by atoms with Crippen molar-refractivity contribution in [2.45, 2.75) is 31.7 Å². The van der Waals surface area contributed by atoms with E-state index in [1.54, 1.807) is 0 Å². The molecule has 1 aromatic rings. The van der Waals surface area contributed by atoms with Gasteiger partial charge in [0.25, 0.3) is 0 Å². The van der Waals surface area contributed by atoms with E-state index >= 15 is 0 Å². The van der Waals surface area contributed by atoms with Crippen LogP contribution >= 0.6 is 0 Å². The van der Waals surface area contributed by atoms with Crippen LogP contribution in [-0.4, -0.2) is 37.0 Å². The van der Waals surface area contributed by atoms with Crippen molar-refractivity contribution in [1.82, 2.24) is 10.2 Å². The maximum absolute atomic E-state index is 12.2. The van der Waals surface area contributed by atoms with Gasteiger partial charge < -0.3 is 10.2 Å². The van der Waals surface area contributed by atoms with Crippen molar-refractivity contribution in [3.63, 3.8) is 0 Å². The molecule has 1 atom stereocenters. The Morgan fingerprint density at radius 1 is 1.33 bits per heavy atom. The van der Waals surface area contributed by atoms with E-state index in [0.717, 1.165) is 32.4 Å². The first-order valence-corrected chi connectivity index (χ1v) is 6.79. The zero-order valence-corrected chi connectivity index (χ0v) is 11.1. The molecule has 2 rings (SSSR count). The molecule has 0 aromatic heterocycles. The Labute approximate surface area is 109 Å². The lowest BCUT2D eigenvalue weighted by atomic mass is 10.0. The van der Waals surface area contributed by atoms with E-state index in [2.05, 4.69) is 17.4 Å². The third-order valence-corrected chi connectivity index (χ3v) is 3.56. The molecule has 1 aromatic carbocycles. The zero-order chi connectivity index (χ0) is 12.8. The van der Waals surface area contributed by atoms with Gasteiger partial charge in [0, 0.05) is 13.6 Å². The van der Waals surface area contributed by atoms with Crippen molar-refractivity contribution >= 4 is 5.91 Å². The normalized spacial score (nSPS) is 19.5. The van der Waals surface area contributed by atoms with Gasteiger partial charge in [0.2, 0.25) is 5.91 Å². The number of piperidine rings is 1. The Hall–Kier alpha value is -1.35. The van der Waals surface area contributed by atoms with E-state index in [4.69, 9.17) is 0 Å². The fourth-order valence-electron chi connectivity index (χ4n) is 2.38. The van der Waals surface area contributed by atoms with Gasteiger partial charge >= 0.3 is 0 Å². The van der Waals surface area contributed by atoms with E-state index in [-0.39, 0.29) is 11.9 Å². The van der Waals surface area contributed by atoms with Gasteiger partial charge in [-0.2, -0.15) is 0 Å². The minimum Gasteiger partial charge on any atom is -0.344 e. The largest absolute Gasteiger partial charge is 0.344 e. The lowest BCUT2D eigenvalue weighted by molar-refractivity contribution is -0.132. The monoisotopic (exact) mass is 246 g/mol. The summed E-state index contributed by atoms with van der Waals surface area (Å²) in [4.78, 5) is 14.0. The van der Waals surface area contributed by atoms with Crippen LogP contribution in [0.25, 0.3) is 0 Å². The second kappa shape index (κ2) is 6.55. The minimum atomic E-state index is 0.0412. The summed E-state index contributed by atoms with van der Waals surface area (Å²) in [7, 11) is 1.90. The maximum Gasteiger partial charge on any atom is 0.239 e. The van der Waals surface area contributed by atoms with E-state index in [9.17, 15) is 4.79 Å². The number of carbonyl (C=O) groups is 1. The molecule has 1 aliphatic heterocycles. The standard InChI is InChI=1S/C15H22N2O/c1-17(12-10-13-7-3-2-4-8-13)15(18)14-9-5-6-11-16-14/h2-4,7-8,14,16H,5-6,9-12H2,1H3/t14-/m1/s1. The van der Waals surface area contributed by atoms with Crippen LogP contribution in [0.5, 0.6) is 0 Å². The van der Waals surface area contributed by atoms with Gasteiger partial charge in [-0.3, -0.25) is 4.79 Å². The molecule has 1 fully saturated rings. The molecule has 3 heteroatoms. The molecule has 18 heavy (non-hydrogen) atoms. The Morgan fingerprint density at radius 2 is 2.11 bits per heavy atom. The molecule has 0 aliphatic carbocycles. The van der Waals surface area contributed by atoms with Crippen molar-refractivity contribution < 1.29 is 4.79 Å². The fraction of sp³-hybridized carbons (Fsp3) is 0.533. The Morgan fingerprint density at radius 3 is 2.78 bits per heavy atom. The number of hydrogen-bond acceptors (Lipinski definition) is 2. The van der Waals surface area contributed by atoms with E-state index in [0.29, 0.717) is 0 Å². The van der Waals surface area contributed by atoms with Crippen LogP contribution in [0.1, 0.15) is 24.8 Å². The molecular formula is C15H22N2O. The molecule has 0 spiro atoms. The van der Waals surface area contributed by atoms with Gasteiger partial charge in [0.05, 0.1) is 6.04 Å². The summed E-state index contributed by atoms with van der Waals surface area (Å²) in [6, 6.07) is 10.4. The highest BCUT2D eigenvalue weighted by Gasteiger charge is 2.23. The molecule has 3 nitrogen and oxygen atoms in total. The first kappa shape index (κ1) is 13.1. The van der Waals surface area contributed by atoms with Crippen LogP contribution in [0.15, 0.2) is 30.3 Å². The summed E-state index contributed by atoms with van der Waals surface area (Å²) < 4.78 is 0. The predicted octanol–water partition coefficient (Wildman–Crippen LogP) is 1.83. The van der Waals surface area contributed by atoms with Crippen molar-refractivity contribution in [2.75, 3.05) is 20.1 Å². The first-order chi connectivity index (χ1) is 8.77. The quantitative estimate of drug-likeness (QED) is 0.879. The highest BCUT2D eigenvalue weighted by Crippen LogP contribution is 2.09. The van der Waals surface area contributed by atoms with Crippen LogP contribution in [0, 0.1) is 0 Å². The topological polar surface area (TPSA) is 32.3 Å². The summed E-state index contributed by atoms with van der Waals surface area (Å²) in [5, 5.41) is 3.31. The molecule has 0 bridgehead atoms. The maximum atomic E-state index is 12.2. The fourth-order valence-corrected chi connectivity index (χ4v) is 2.38. The van der Waals surface area contributed by atoms with Gasteiger partial charge in [0.1, 0.15) is 0 Å². The van der Waals surface area contributed by atoms with Gasteiger partial charge in [-0.05, 0) is 31.4 Å². The molecule has 0 saturated carbocycles. The molecule has 1 N–H and O–H groups in total. The van der Waals surface area contributed by atoms with Crippen LogP contribution in [0.2, 0.25) is 0 Å².